The molecule has 1 aromatic heterocycles. The Labute approximate surface area is 128 Å². The van der Waals surface area contributed by atoms with Crippen molar-refractivity contribution in [2.45, 2.75) is 0 Å². The van der Waals surface area contributed by atoms with Gasteiger partial charge in [0.1, 0.15) is 0 Å². The lowest BCUT2D eigenvalue weighted by Gasteiger charge is -2.09. The summed E-state index contributed by atoms with van der Waals surface area (Å²) < 4.78 is 1.44. The molecule has 110 valence electrons. The van der Waals surface area contributed by atoms with E-state index >= 15 is 0 Å². The van der Waals surface area contributed by atoms with Gasteiger partial charge in [0.15, 0.2) is 12.4 Å². The number of non-ortho nitro benzene ring substituents is 1. The monoisotopic (exact) mass is 307 g/mol. The second kappa shape index (κ2) is 6.81. The highest BCUT2D eigenvalue weighted by Crippen LogP contribution is 2.12. The molecule has 0 radical (unpaired) electrons. The van der Waals surface area contributed by atoms with Gasteiger partial charge < -0.3 is 17.3 Å². The number of aromatic nitrogens is 1. The molecule has 1 aromatic carbocycles. The summed E-state index contributed by atoms with van der Waals surface area (Å²) in [4.78, 5) is 24.2. The van der Waals surface area contributed by atoms with Crippen molar-refractivity contribution < 1.29 is 26.7 Å². The van der Waals surface area contributed by atoms with Crippen LogP contribution >= 0.6 is 0 Å². The molecule has 0 atom stereocenters. The van der Waals surface area contributed by atoms with Crippen molar-refractivity contribution in [3.05, 3.63) is 64.5 Å². The summed E-state index contributed by atoms with van der Waals surface area (Å²) in [7, 11) is 3.83. The minimum absolute atomic E-state index is 0. The summed E-state index contributed by atoms with van der Waals surface area (Å²) in [6, 6.07) is 9.19. The largest absolute Gasteiger partial charge is 1.00 e. The molecule has 0 aliphatic carbocycles. The average Bonchev–Trinajstić information content (AvgIpc) is 2.46. The molecule has 0 spiro atoms. The molecule has 6 nitrogen and oxygen atoms in total. The van der Waals surface area contributed by atoms with Crippen LogP contribution in [0.15, 0.2) is 48.8 Å². The van der Waals surface area contributed by atoms with Crippen LogP contribution < -0.4 is 21.9 Å². The molecule has 0 unspecified atom stereocenters. The number of hydrogen-bond donors (Lipinski definition) is 0. The lowest BCUT2D eigenvalue weighted by molar-refractivity contribution is -0.570. The molecule has 1 heterocycles. The van der Waals surface area contributed by atoms with Gasteiger partial charge in [-0.25, -0.2) is 4.79 Å². The SMILES string of the molecule is CN(C)c1cc[n+](C(=O)c2ccc([N+](=O)[O-])cc2)cc1.[Cl-]. The highest BCUT2D eigenvalue weighted by atomic mass is 35.5. The van der Waals surface area contributed by atoms with Crippen molar-refractivity contribution in [3.8, 4) is 0 Å². The van der Waals surface area contributed by atoms with Gasteiger partial charge in [0.2, 0.25) is 0 Å². The summed E-state index contributed by atoms with van der Waals surface area (Å²) in [6.45, 7) is 0. The predicted molar refractivity (Wildman–Crippen MR) is 73.8 cm³/mol. The number of carbonyl (C=O) groups excluding carboxylic acids is 1. The van der Waals surface area contributed by atoms with E-state index in [4.69, 9.17) is 0 Å². The fourth-order valence-corrected chi connectivity index (χ4v) is 1.73. The van der Waals surface area contributed by atoms with Gasteiger partial charge in [-0.15, -0.1) is 4.57 Å². The highest BCUT2D eigenvalue weighted by molar-refractivity contribution is 5.87. The third-order valence-corrected chi connectivity index (χ3v) is 2.89. The maximum atomic E-state index is 12.2. The Hall–Kier alpha value is -2.47. The number of anilines is 1. The second-order valence-electron chi connectivity index (χ2n) is 4.47. The van der Waals surface area contributed by atoms with Crippen molar-refractivity contribution in [1.82, 2.24) is 0 Å². The zero-order valence-electron chi connectivity index (χ0n) is 11.6. The predicted octanol–water partition coefficient (Wildman–Crippen LogP) is -1.36. The maximum Gasteiger partial charge on any atom is 0.424 e. The van der Waals surface area contributed by atoms with E-state index in [-0.39, 0.29) is 24.0 Å². The van der Waals surface area contributed by atoms with Gasteiger partial charge in [-0.1, -0.05) is 0 Å². The number of nitrogens with zero attached hydrogens (tertiary/aromatic N) is 3. The third kappa shape index (κ3) is 3.76. The van der Waals surface area contributed by atoms with Crippen LogP contribution in [0.3, 0.4) is 0 Å². The van der Waals surface area contributed by atoms with E-state index in [1.54, 1.807) is 12.4 Å². The molecule has 0 bridgehead atoms. The fourth-order valence-electron chi connectivity index (χ4n) is 1.73. The number of nitro groups is 1. The number of pyridine rings is 1. The van der Waals surface area contributed by atoms with Crippen LogP contribution in [0.25, 0.3) is 0 Å². The minimum atomic E-state index is -0.493. The summed E-state index contributed by atoms with van der Waals surface area (Å²) in [6.07, 6.45) is 3.33. The number of hydrogen-bond acceptors (Lipinski definition) is 4. The van der Waals surface area contributed by atoms with Gasteiger partial charge in [-0.2, -0.15) is 0 Å². The van der Waals surface area contributed by atoms with Gasteiger partial charge in [-0.05, 0) is 12.1 Å². The Balaban J connectivity index is 0.00000220. The Kier molecular flexibility index (Phi) is 5.37. The second-order valence-corrected chi connectivity index (χ2v) is 4.47. The Morgan fingerprint density at radius 3 is 2.05 bits per heavy atom. The van der Waals surface area contributed by atoms with E-state index in [1.807, 2.05) is 31.1 Å². The molecule has 2 rings (SSSR count). The molecule has 0 amide bonds. The lowest BCUT2D eigenvalue weighted by Crippen LogP contribution is -3.00. The van der Waals surface area contributed by atoms with Crippen molar-refractivity contribution in [3.63, 3.8) is 0 Å². The van der Waals surface area contributed by atoms with Crippen LogP contribution in [0, 0.1) is 10.1 Å². The van der Waals surface area contributed by atoms with Gasteiger partial charge in [0, 0.05) is 44.0 Å². The van der Waals surface area contributed by atoms with Crippen LogP contribution in [0.1, 0.15) is 10.4 Å². The first-order chi connectivity index (χ1) is 9.49. The quantitative estimate of drug-likeness (QED) is 0.399. The first-order valence-corrected chi connectivity index (χ1v) is 5.97. The van der Waals surface area contributed by atoms with E-state index in [0.29, 0.717) is 5.56 Å². The van der Waals surface area contributed by atoms with E-state index in [9.17, 15) is 14.9 Å². The molecular weight excluding hydrogens is 294 g/mol. The molecule has 0 aliphatic heterocycles. The van der Waals surface area contributed by atoms with Crippen LogP contribution in [0.2, 0.25) is 0 Å². The smallest absolute Gasteiger partial charge is 0.424 e. The molecule has 2 aromatic rings. The summed E-state index contributed by atoms with van der Waals surface area (Å²) in [5.41, 5.74) is 1.35. The van der Waals surface area contributed by atoms with Gasteiger partial charge in [0.25, 0.3) is 5.69 Å². The third-order valence-electron chi connectivity index (χ3n) is 2.89. The Morgan fingerprint density at radius 2 is 1.62 bits per heavy atom. The molecule has 0 N–H and O–H groups in total. The van der Waals surface area contributed by atoms with Crippen LogP contribution in [0.4, 0.5) is 11.4 Å². The minimum Gasteiger partial charge on any atom is -1.00 e. The molecule has 0 aliphatic rings. The Bertz CT molecular complexity index is 640. The number of rotatable bonds is 3. The Morgan fingerprint density at radius 1 is 1.10 bits per heavy atom. The highest BCUT2D eigenvalue weighted by Gasteiger charge is 2.18. The number of carbonyl (C=O) groups is 1. The van der Waals surface area contributed by atoms with Gasteiger partial charge in [-0.3, -0.25) is 10.1 Å². The topological polar surface area (TPSA) is 67.3 Å². The number of benzene rings is 1. The normalized spacial score (nSPS) is 9.62. The summed E-state index contributed by atoms with van der Waals surface area (Å²) >= 11 is 0. The first-order valence-electron chi connectivity index (χ1n) is 5.97. The van der Waals surface area contributed by atoms with Crippen LogP contribution in [0.5, 0.6) is 0 Å². The molecule has 0 saturated carbocycles. The maximum absolute atomic E-state index is 12.2. The first kappa shape index (κ1) is 16.6. The van der Waals surface area contributed by atoms with E-state index in [1.165, 1.54) is 28.8 Å². The van der Waals surface area contributed by atoms with Crippen molar-refractivity contribution in [2.75, 3.05) is 19.0 Å². The summed E-state index contributed by atoms with van der Waals surface area (Å²) in [5.74, 6) is -0.231. The average molecular weight is 308 g/mol. The van der Waals surface area contributed by atoms with E-state index < -0.39 is 4.92 Å². The molecule has 0 saturated heterocycles. The number of nitro benzene ring substituents is 1. The van der Waals surface area contributed by atoms with Crippen LogP contribution in [-0.2, 0) is 0 Å². The van der Waals surface area contributed by atoms with Gasteiger partial charge >= 0.3 is 5.91 Å². The van der Waals surface area contributed by atoms with E-state index in [2.05, 4.69) is 0 Å². The summed E-state index contributed by atoms with van der Waals surface area (Å²) in [5, 5.41) is 10.6. The number of halogens is 1. The lowest BCUT2D eigenvalue weighted by atomic mass is 10.2. The molecule has 21 heavy (non-hydrogen) atoms. The molecule has 0 fully saturated rings. The zero-order valence-corrected chi connectivity index (χ0v) is 12.3. The standard InChI is InChI=1S/C14H14N3O3.ClH/c1-15(2)12-7-9-16(10-8-12)14(18)11-3-5-13(6-4-11)17(19)20;/h3-10H,1-2H3;1H/q+1;/p-1. The fraction of sp³-hybridized carbons (Fsp3) is 0.143. The van der Waals surface area contributed by atoms with Crippen LogP contribution in [-0.4, -0.2) is 24.9 Å². The zero-order chi connectivity index (χ0) is 14.7. The molecular formula is C14H14ClN3O3. The van der Waals surface area contributed by atoms with Crippen molar-refractivity contribution in [2.24, 2.45) is 0 Å². The van der Waals surface area contributed by atoms with E-state index in [0.717, 1.165) is 5.69 Å². The van der Waals surface area contributed by atoms with Gasteiger partial charge in [0.05, 0.1) is 10.5 Å². The van der Waals surface area contributed by atoms with Crippen molar-refractivity contribution >= 4 is 17.3 Å². The van der Waals surface area contributed by atoms with Crippen molar-refractivity contribution in [1.29, 1.82) is 0 Å². The molecule has 7 heteroatoms.